The molecule has 1 heterocycles. The van der Waals surface area contributed by atoms with E-state index in [4.69, 9.17) is 0 Å². The molecule has 0 fully saturated rings. The molecule has 0 aliphatic rings. The number of hydrogen-bond acceptors (Lipinski definition) is 4. The molecule has 0 radical (unpaired) electrons. The first kappa shape index (κ1) is 16.9. The first-order chi connectivity index (χ1) is 10.3. The molecule has 2 rings (SSSR count). The van der Waals surface area contributed by atoms with Crippen LogP contribution in [0.25, 0.3) is 0 Å². The number of aliphatic hydroxyl groups excluding tert-OH is 1. The molecule has 0 aliphatic carbocycles. The molecule has 0 saturated heterocycles. The Balaban J connectivity index is 2.01. The maximum absolute atomic E-state index is 12.7. The van der Waals surface area contributed by atoms with Crippen LogP contribution in [0.4, 0.5) is 13.2 Å². The topological polar surface area (TPSA) is 36.4 Å². The summed E-state index contributed by atoms with van der Waals surface area (Å²) in [5.41, 5.74) is -0.480. The fourth-order valence-corrected chi connectivity index (χ4v) is 3.01. The molecule has 2 aromatic rings. The Kier molecular flexibility index (Phi) is 5.20. The largest absolute Gasteiger partial charge is 0.416 e. The third-order valence-electron chi connectivity index (χ3n) is 3.18. The van der Waals surface area contributed by atoms with Gasteiger partial charge in [0.1, 0.15) is 0 Å². The van der Waals surface area contributed by atoms with Crippen LogP contribution in [0.15, 0.2) is 30.5 Å². The summed E-state index contributed by atoms with van der Waals surface area (Å²) in [5, 5.41) is 11.1. The van der Waals surface area contributed by atoms with Gasteiger partial charge >= 0.3 is 6.18 Å². The third-order valence-corrected chi connectivity index (χ3v) is 4.08. The molecule has 0 unspecified atom stereocenters. The van der Waals surface area contributed by atoms with E-state index >= 15 is 0 Å². The first-order valence-corrected chi connectivity index (χ1v) is 7.52. The minimum atomic E-state index is -4.40. The van der Waals surface area contributed by atoms with Gasteiger partial charge in [-0.15, -0.1) is 11.3 Å². The Hall–Kier alpha value is -1.44. The number of aliphatic hydroxyl groups is 1. The maximum Gasteiger partial charge on any atom is 0.416 e. The molecule has 7 heteroatoms. The van der Waals surface area contributed by atoms with Crippen LogP contribution in [0.1, 0.15) is 27.1 Å². The van der Waals surface area contributed by atoms with Crippen LogP contribution in [0, 0.1) is 6.92 Å². The fourth-order valence-electron chi connectivity index (χ4n) is 2.13. The van der Waals surface area contributed by atoms with Gasteiger partial charge in [-0.25, -0.2) is 4.98 Å². The van der Waals surface area contributed by atoms with E-state index in [2.05, 4.69) is 4.98 Å². The van der Waals surface area contributed by atoms with E-state index in [9.17, 15) is 18.3 Å². The Morgan fingerprint density at radius 2 is 2.09 bits per heavy atom. The summed E-state index contributed by atoms with van der Waals surface area (Å²) < 4.78 is 38.1. The molecule has 1 aromatic heterocycles. The number of rotatable bonds is 5. The van der Waals surface area contributed by atoms with Crippen LogP contribution in [0.5, 0.6) is 0 Å². The number of thiazole rings is 1. The predicted molar refractivity (Wildman–Crippen MR) is 79.6 cm³/mol. The SMILES string of the molecule is Cc1ncc(CN(C)C[C@H](O)c2cccc(C(F)(F)F)c2)s1. The summed E-state index contributed by atoms with van der Waals surface area (Å²) in [4.78, 5) is 7.06. The van der Waals surface area contributed by atoms with Crippen LogP contribution in [0.2, 0.25) is 0 Å². The molecular formula is C15H17F3N2OS. The summed E-state index contributed by atoms with van der Waals surface area (Å²) in [6.07, 6.45) is -3.60. The maximum atomic E-state index is 12.7. The molecule has 0 amide bonds. The molecule has 0 spiro atoms. The van der Waals surface area contributed by atoms with E-state index in [0.29, 0.717) is 6.54 Å². The van der Waals surface area contributed by atoms with Gasteiger partial charge in [0, 0.05) is 24.2 Å². The quantitative estimate of drug-likeness (QED) is 0.909. The lowest BCUT2D eigenvalue weighted by Crippen LogP contribution is -2.24. The van der Waals surface area contributed by atoms with Crippen molar-refractivity contribution in [2.45, 2.75) is 25.7 Å². The number of benzene rings is 1. The summed E-state index contributed by atoms with van der Waals surface area (Å²) in [6.45, 7) is 2.76. The monoisotopic (exact) mass is 330 g/mol. The number of hydrogen-bond donors (Lipinski definition) is 1. The van der Waals surface area contributed by atoms with Gasteiger partial charge < -0.3 is 5.11 Å². The predicted octanol–water partition coefficient (Wildman–Crippen LogP) is 3.64. The first-order valence-electron chi connectivity index (χ1n) is 6.71. The van der Waals surface area contributed by atoms with Crippen molar-refractivity contribution in [2.24, 2.45) is 0 Å². The fraction of sp³-hybridized carbons (Fsp3) is 0.400. The Labute approximate surface area is 131 Å². The summed E-state index contributed by atoms with van der Waals surface area (Å²) in [5.74, 6) is 0. The second-order valence-corrected chi connectivity index (χ2v) is 6.50. The highest BCUT2D eigenvalue weighted by Gasteiger charge is 2.30. The van der Waals surface area contributed by atoms with Crippen molar-refractivity contribution in [3.63, 3.8) is 0 Å². The van der Waals surface area contributed by atoms with E-state index in [-0.39, 0.29) is 12.1 Å². The van der Waals surface area contributed by atoms with Crippen molar-refractivity contribution in [3.8, 4) is 0 Å². The lowest BCUT2D eigenvalue weighted by molar-refractivity contribution is -0.137. The molecule has 0 bridgehead atoms. The number of likely N-dealkylation sites (N-methyl/N-ethyl adjacent to an activating group) is 1. The van der Waals surface area contributed by atoms with E-state index in [1.807, 2.05) is 18.9 Å². The third kappa shape index (κ3) is 4.53. The molecular weight excluding hydrogens is 313 g/mol. The minimum Gasteiger partial charge on any atom is -0.387 e. The minimum absolute atomic E-state index is 0.248. The van der Waals surface area contributed by atoms with Gasteiger partial charge in [-0.2, -0.15) is 13.2 Å². The average molecular weight is 330 g/mol. The summed E-state index contributed by atoms with van der Waals surface area (Å²) in [6, 6.07) is 4.81. The van der Waals surface area contributed by atoms with E-state index in [1.165, 1.54) is 12.1 Å². The highest BCUT2D eigenvalue weighted by Crippen LogP contribution is 2.31. The van der Waals surface area contributed by atoms with Gasteiger partial charge in [0.25, 0.3) is 0 Å². The van der Waals surface area contributed by atoms with Crippen LogP contribution in [-0.2, 0) is 12.7 Å². The van der Waals surface area contributed by atoms with E-state index in [0.717, 1.165) is 22.0 Å². The van der Waals surface area contributed by atoms with Gasteiger partial charge in [0.05, 0.1) is 16.7 Å². The molecule has 3 nitrogen and oxygen atoms in total. The van der Waals surface area contributed by atoms with Crippen LogP contribution in [0.3, 0.4) is 0 Å². The summed E-state index contributed by atoms with van der Waals surface area (Å²) in [7, 11) is 1.81. The van der Waals surface area contributed by atoms with Crippen LogP contribution >= 0.6 is 11.3 Å². The zero-order valence-electron chi connectivity index (χ0n) is 12.3. The van der Waals surface area contributed by atoms with Crippen molar-refractivity contribution >= 4 is 11.3 Å². The molecule has 1 atom stereocenters. The smallest absolute Gasteiger partial charge is 0.387 e. The lowest BCUT2D eigenvalue weighted by atomic mass is 10.1. The highest BCUT2D eigenvalue weighted by atomic mass is 32.1. The van der Waals surface area contributed by atoms with Crippen LogP contribution < -0.4 is 0 Å². The molecule has 0 aliphatic heterocycles. The zero-order valence-corrected chi connectivity index (χ0v) is 13.1. The Bertz CT molecular complexity index is 627. The van der Waals surface area contributed by atoms with Gasteiger partial charge in [-0.1, -0.05) is 12.1 Å². The Morgan fingerprint density at radius 1 is 1.36 bits per heavy atom. The molecule has 1 N–H and O–H groups in total. The standard InChI is InChI=1S/C15H17F3N2OS/c1-10-19-7-13(22-10)8-20(2)9-14(21)11-4-3-5-12(6-11)15(16,17)18/h3-7,14,21H,8-9H2,1-2H3/t14-/m0/s1. The lowest BCUT2D eigenvalue weighted by Gasteiger charge is -2.20. The second kappa shape index (κ2) is 6.76. The average Bonchev–Trinajstić information content (AvgIpc) is 2.83. The van der Waals surface area contributed by atoms with Gasteiger partial charge in [0.15, 0.2) is 0 Å². The number of aromatic nitrogens is 1. The van der Waals surface area contributed by atoms with E-state index < -0.39 is 17.8 Å². The van der Waals surface area contributed by atoms with Crippen molar-refractivity contribution in [1.82, 2.24) is 9.88 Å². The molecule has 22 heavy (non-hydrogen) atoms. The number of alkyl halides is 3. The number of nitrogens with zero attached hydrogens (tertiary/aromatic N) is 2. The number of aryl methyl sites for hydroxylation is 1. The van der Waals surface area contributed by atoms with Gasteiger partial charge in [-0.3, -0.25) is 4.90 Å². The normalized spacial score (nSPS) is 13.6. The van der Waals surface area contributed by atoms with Crippen LogP contribution in [-0.4, -0.2) is 28.6 Å². The van der Waals surface area contributed by atoms with Crippen molar-refractivity contribution in [3.05, 3.63) is 51.5 Å². The van der Waals surface area contributed by atoms with Crippen molar-refractivity contribution in [1.29, 1.82) is 0 Å². The van der Waals surface area contributed by atoms with Crippen molar-refractivity contribution < 1.29 is 18.3 Å². The molecule has 0 saturated carbocycles. The van der Waals surface area contributed by atoms with Gasteiger partial charge in [0.2, 0.25) is 0 Å². The zero-order chi connectivity index (χ0) is 16.3. The highest BCUT2D eigenvalue weighted by molar-refractivity contribution is 7.11. The van der Waals surface area contributed by atoms with E-state index in [1.54, 1.807) is 17.5 Å². The molecule has 1 aromatic carbocycles. The second-order valence-electron chi connectivity index (χ2n) is 5.18. The Morgan fingerprint density at radius 3 is 2.68 bits per heavy atom. The number of halogens is 3. The van der Waals surface area contributed by atoms with Crippen molar-refractivity contribution in [2.75, 3.05) is 13.6 Å². The summed E-state index contributed by atoms with van der Waals surface area (Å²) >= 11 is 1.56. The van der Waals surface area contributed by atoms with Gasteiger partial charge in [-0.05, 0) is 31.7 Å². The molecule has 120 valence electrons.